The first-order chi connectivity index (χ1) is 57.6. The van der Waals surface area contributed by atoms with E-state index < -0.39 is 130 Å². The van der Waals surface area contributed by atoms with Crippen LogP contribution in [0.2, 0.25) is 0 Å². The minimum absolute atomic E-state index is 0.000495. The van der Waals surface area contributed by atoms with Crippen molar-refractivity contribution in [2.75, 3.05) is 59.4 Å². The number of Topliss-reactive ketones (excluding diaryl/α,β-unsaturated/α-hetero) is 7. The summed E-state index contributed by atoms with van der Waals surface area (Å²) in [6.45, 7) is 30.4. The Morgan fingerprint density at radius 1 is 0.683 bits per heavy atom. The smallest absolute Gasteiger partial charge is 0.314 e. The highest BCUT2D eigenvalue weighted by molar-refractivity contribution is 7.09. The summed E-state index contributed by atoms with van der Waals surface area (Å²) in [5.41, 5.74) is 12.1. The number of imide groups is 2. The van der Waals surface area contributed by atoms with E-state index in [-0.39, 0.29) is 167 Å². The highest BCUT2D eigenvalue weighted by Gasteiger charge is 2.41. The van der Waals surface area contributed by atoms with Crippen LogP contribution < -0.4 is 32.2 Å². The van der Waals surface area contributed by atoms with Crippen molar-refractivity contribution in [3.8, 4) is 5.75 Å². The molecule has 0 bridgehead atoms. The lowest BCUT2D eigenvalue weighted by Crippen LogP contribution is -2.48. The van der Waals surface area contributed by atoms with E-state index in [1.54, 1.807) is 36.3 Å². The number of carboxylic acid groups (broad SMARTS) is 1. The molecule has 33 nitrogen and oxygen atoms in total. The maximum absolute atomic E-state index is 13.6. The van der Waals surface area contributed by atoms with Crippen molar-refractivity contribution in [3.63, 3.8) is 0 Å². The van der Waals surface area contributed by atoms with Crippen molar-refractivity contribution in [2.24, 2.45) is 52.9 Å². The topological polar surface area (TPSA) is 478 Å². The number of aromatic nitrogens is 1. The molecule has 0 saturated heterocycles. The highest BCUT2D eigenvalue weighted by atomic mass is 32.1. The molecule has 1 aromatic heterocycles. The van der Waals surface area contributed by atoms with Crippen LogP contribution in [0.1, 0.15) is 254 Å². The van der Waals surface area contributed by atoms with Gasteiger partial charge in [-0.3, -0.25) is 101 Å². The molecule has 7 unspecified atom stereocenters. The maximum Gasteiger partial charge on any atom is 0.314 e. The largest absolute Gasteiger partial charge is 0.481 e. The van der Waals surface area contributed by atoms with Crippen LogP contribution in [0.3, 0.4) is 0 Å². The van der Waals surface area contributed by atoms with Crippen LogP contribution in [0.15, 0.2) is 47.9 Å². The van der Waals surface area contributed by atoms with Crippen LogP contribution in [0.25, 0.3) is 0 Å². The summed E-state index contributed by atoms with van der Waals surface area (Å²) in [6, 6.07) is -0.00208. The second-order valence-corrected chi connectivity index (χ2v) is 34.0. The first-order valence-corrected chi connectivity index (χ1v) is 43.3. The van der Waals surface area contributed by atoms with E-state index in [2.05, 4.69) is 48.6 Å². The normalized spacial score (nSPS) is 21.4. The molecule has 4 heterocycles. The van der Waals surface area contributed by atoms with Crippen molar-refractivity contribution in [1.29, 1.82) is 0 Å². The number of likely N-dealkylation sites (N-methyl/N-ethyl adjacent to an activating group) is 1. The lowest BCUT2D eigenvalue weighted by molar-refractivity contribution is -0.149. The lowest BCUT2D eigenvalue weighted by Gasteiger charge is -2.36. The average molecular weight is 1750 g/mol. The SMILES string of the molecule is CC(=O)C(C)(C)N(C)C.CC[C@H](C)[C@H](C)C(=O)N(C)[C@H](C[C@@H](OC(C)=O)c1nc(C(C)=O)cs1)C(C)C.CC[C@H](N)CC(C)C(=O)C[C@@H](CCCCN)C(=O)O.Cc1ccc2c(c1)NC(=O)C(C)CC(=O)C(C)NC(=O)CCOCCCC(=O)C(N1C(=O)C=CC1=O)CCC(N1C(=O)C=CC1=O)C(=O)CCCOCCC(=O)NC(C)C(=O)CC(C)C(=O)O2. The van der Waals surface area contributed by atoms with Crippen LogP contribution in [-0.2, 0) is 95.7 Å². The molecule has 1 aromatic carbocycles. The predicted octanol–water partition coefficient (Wildman–Crippen LogP) is 8.89. The van der Waals surface area contributed by atoms with Crippen LogP contribution in [-0.4, -0.2) is 231 Å². The second kappa shape index (κ2) is 54.9. The number of nitrogens with one attached hydrogen (secondary N) is 3. The third-order valence-corrected chi connectivity index (χ3v) is 23.2. The number of benzene rings is 1. The standard InChI is InChI=1S/C47H59N5O15.C21H34N2O4S.C14H28N2O3.C7H15NO/c1-27-10-13-39-32(24-27)50-46(63)28(2)25-37(55)30(4)48-40(57)18-22-65-20-6-8-35(53)33(51-42(59)14-15-43(51)60)11-12-34(52-44(61)16-17-45(52)62)36(54)9-7-21-66-23-19-41(58)49-31(5)38(56)26-29(3)47(64)67-39;1-9-13(4)14(5)21(26)23(8)18(12(2)3)10-19(27-16(7)25)20-22-17(11-28-20)15(6)24;1-3-12(16)8-10(2)13(17)9-11(14(18)19)6-4-5-7-15;1-6(9)7(2,3)8(4)5/h10,13-17,24,28-31,33-34H,6-9,11-12,18-23,25-26H2,1-5H3,(H,48,57)(H,49,58)(H,50,63);11-14,18-19H,9-10H2,1-8H3;10-12H,3-9,15-16H2,1-2H3,(H,18,19);1-5H3/t;13-,14-,18+,19+;10?,11-,12+;/m.01./s1. The maximum atomic E-state index is 13.6. The Labute approximate surface area is 728 Å². The fourth-order valence-corrected chi connectivity index (χ4v) is 13.8. The number of fused-ring (bicyclic) bond motifs is 1. The lowest BCUT2D eigenvalue weighted by atomic mass is 9.88. The number of amides is 8. The summed E-state index contributed by atoms with van der Waals surface area (Å²) in [7, 11) is 5.63. The highest BCUT2D eigenvalue weighted by Crippen LogP contribution is 2.33. The van der Waals surface area contributed by atoms with E-state index in [0.29, 0.717) is 42.4 Å². The Morgan fingerprint density at radius 3 is 1.59 bits per heavy atom. The molecule has 8 amide bonds. The zero-order valence-corrected chi connectivity index (χ0v) is 76.5. The van der Waals surface area contributed by atoms with Gasteiger partial charge in [0.2, 0.25) is 23.6 Å². The fourth-order valence-electron chi connectivity index (χ4n) is 12.9. The van der Waals surface area contributed by atoms with Gasteiger partial charge in [0.1, 0.15) is 22.3 Å². The number of ketones is 7. The predicted molar refractivity (Wildman–Crippen MR) is 462 cm³/mol. The number of hydrogen-bond acceptors (Lipinski definition) is 27. The Kier molecular flexibility index (Phi) is 48.8. The molecule has 0 radical (unpaired) electrons. The van der Waals surface area contributed by atoms with Crippen molar-refractivity contribution in [2.45, 2.75) is 281 Å². The first-order valence-electron chi connectivity index (χ1n) is 42.5. The number of nitrogens with zero attached hydrogens (tertiary/aromatic N) is 5. The quantitative estimate of drug-likeness (QED) is 0.0177. The van der Waals surface area contributed by atoms with Crippen LogP contribution in [0.5, 0.6) is 5.75 Å². The van der Waals surface area contributed by atoms with Crippen molar-refractivity contribution < 1.29 is 110 Å². The van der Waals surface area contributed by atoms with Crippen molar-refractivity contribution >= 4 is 123 Å². The van der Waals surface area contributed by atoms with Gasteiger partial charge in [-0.1, -0.05) is 81.2 Å². The van der Waals surface area contributed by atoms with E-state index in [9.17, 15) is 86.3 Å². The van der Waals surface area contributed by atoms with Gasteiger partial charge in [0.05, 0.1) is 60.4 Å². The van der Waals surface area contributed by atoms with Crippen LogP contribution in [0.4, 0.5) is 5.69 Å². The average Bonchev–Trinajstić information content (AvgIpc) is 1.70. The molecule has 13 atom stereocenters. The van der Waals surface area contributed by atoms with E-state index in [1.807, 2.05) is 60.7 Å². The van der Waals surface area contributed by atoms with Gasteiger partial charge in [-0.05, 0) is 143 Å². The minimum Gasteiger partial charge on any atom is -0.481 e. The molecule has 2 aromatic rings. The number of carbonyl (C=O) groups is 18. The number of esters is 2. The minimum atomic E-state index is -1.34. The molecule has 0 fully saturated rings. The molecule has 8 N–H and O–H groups in total. The second-order valence-electron chi connectivity index (χ2n) is 33.1. The molecular weight excluding hydrogens is 1610 g/mol. The molecule has 123 heavy (non-hydrogen) atoms. The Hall–Kier alpha value is -9.61. The first kappa shape index (κ1) is 109. The zero-order chi connectivity index (χ0) is 93.5. The van der Waals surface area contributed by atoms with Gasteiger partial charge in [0.25, 0.3) is 23.6 Å². The molecule has 0 saturated carbocycles. The molecule has 34 heteroatoms. The number of ether oxygens (including phenoxy) is 4. The molecule has 0 aliphatic carbocycles. The number of hydrogen-bond donors (Lipinski definition) is 6. The monoisotopic (exact) mass is 1740 g/mol. The van der Waals surface area contributed by atoms with Gasteiger partial charge in [0.15, 0.2) is 40.8 Å². The number of unbranched alkanes of at least 4 members (excludes halogenated alkanes) is 1. The number of nitrogens with two attached hydrogens (primary N) is 2. The number of aryl methyl sites for hydroxylation is 1. The summed E-state index contributed by atoms with van der Waals surface area (Å²) in [4.78, 5) is 236. The van der Waals surface area contributed by atoms with Crippen LogP contribution in [0, 0.1) is 48.3 Å². The van der Waals surface area contributed by atoms with Gasteiger partial charge in [-0.25, -0.2) is 4.98 Å². The molecule has 0 spiro atoms. The zero-order valence-electron chi connectivity index (χ0n) is 75.7. The van der Waals surface area contributed by atoms with Gasteiger partial charge >= 0.3 is 17.9 Å². The van der Waals surface area contributed by atoms with Crippen molar-refractivity contribution in [1.82, 2.24) is 35.2 Å². The van der Waals surface area contributed by atoms with E-state index in [0.717, 1.165) is 65.4 Å². The number of carbonyl (C=O) groups excluding carboxylic acids is 17. The summed E-state index contributed by atoms with van der Waals surface area (Å²) < 4.78 is 22.2. The summed E-state index contributed by atoms with van der Waals surface area (Å²) >= 11 is 1.30. The van der Waals surface area contributed by atoms with E-state index >= 15 is 0 Å². The number of aliphatic carboxylic acids is 1. The van der Waals surface area contributed by atoms with Crippen molar-refractivity contribution in [3.05, 3.63) is 64.1 Å². The van der Waals surface area contributed by atoms with Gasteiger partial charge in [0, 0.05) is 145 Å². The summed E-state index contributed by atoms with van der Waals surface area (Å²) in [6.07, 6.45) is 7.03. The van der Waals surface area contributed by atoms with E-state index in [1.165, 1.54) is 58.9 Å². The molecule has 5 rings (SSSR count). The number of rotatable bonds is 25. The molecule has 686 valence electrons. The van der Waals surface area contributed by atoms with Gasteiger partial charge in [-0.2, -0.15) is 0 Å². The molecular formula is C89H136N10O23S. The number of carboxylic acids is 1. The summed E-state index contributed by atoms with van der Waals surface area (Å²) in [5, 5.41) is 19.2. The van der Waals surface area contributed by atoms with Gasteiger partial charge in [-0.15, -0.1) is 11.3 Å². The number of anilines is 1. The molecule has 3 aliphatic heterocycles. The third-order valence-electron chi connectivity index (χ3n) is 22.3. The number of thiazole rings is 1. The van der Waals surface area contributed by atoms with Crippen LogP contribution >= 0.6 is 11.3 Å². The fraction of sp³-hybridized carbons (Fsp3) is 0.652. The Bertz CT molecular complexity index is 4000. The van der Waals surface area contributed by atoms with E-state index in [4.69, 9.17) is 35.5 Å². The molecule has 3 aliphatic rings. The Morgan fingerprint density at radius 2 is 1.18 bits per heavy atom. The summed E-state index contributed by atoms with van der Waals surface area (Å²) in [5.74, 6) is -10.6. The van der Waals surface area contributed by atoms with Gasteiger partial charge < -0.3 is 56.4 Å². The third kappa shape index (κ3) is 37.8. The Balaban J connectivity index is 0.000000739.